The van der Waals surface area contributed by atoms with Crippen molar-refractivity contribution < 1.29 is 10.2 Å². The van der Waals surface area contributed by atoms with E-state index in [1.165, 1.54) is 25.7 Å². The number of aliphatic hydroxyl groups is 2. The fourth-order valence-electron chi connectivity index (χ4n) is 3.03. The van der Waals surface area contributed by atoms with Gasteiger partial charge in [-0.3, -0.25) is 0 Å². The van der Waals surface area contributed by atoms with Crippen LogP contribution in [0.25, 0.3) is 0 Å². The lowest BCUT2D eigenvalue weighted by Crippen LogP contribution is -2.51. The third kappa shape index (κ3) is 1.75. The molecule has 2 aliphatic rings. The highest BCUT2D eigenvalue weighted by molar-refractivity contribution is 4.92. The van der Waals surface area contributed by atoms with Gasteiger partial charge in [0, 0.05) is 12.3 Å². The lowest BCUT2D eigenvalue weighted by molar-refractivity contribution is -0.269. The molecule has 2 fully saturated rings. The molecule has 0 spiro atoms. The molecule has 2 rings (SSSR count). The average Bonchev–Trinajstić information content (AvgIpc) is 2.02. The van der Waals surface area contributed by atoms with Gasteiger partial charge in [0.05, 0.1) is 0 Å². The van der Waals surface area contributed by atoms with Crippen molar-refractivity contribution >= 4 is 0 Å². The summed E-state index contributed by atoms with van der Waals surface area (Å²) in [5, 5.41) is 19.1. The fraction of sp³-hybridized carbons (Fsp3) is 1.00. The maximum Gasteiger partial charge on any atom is 0.165 e. The smallest absolute Gasteiger partial charge is 0.165 e. The van der Waals surface area contributed by atoms with E-state index in [0.29, 0.717) is 12.3 Å². The molecular formula is C11H20O2. The zero-order valence-electron chi connectivity index (χ0n) is 8.37. The highest BCUT2D eigenvalue weighted by atomic mass is 16.5. The van der Waals surface area contributed by atoms with Crippen molar-refractivity contribution in [3.05, 3.63) is 0 Å². The molecule has 2 saturated carbocycles. The van der Waals surface area contributed by atoms with Crippen molar-refractivity contribution in [2.45, 2.75) is 51.2 Å². The van der Waals surface area contributed by atoms with Crippen LogP contribution in [0.4, 0.5) is 0 Å². The molecule has 0 heterocycles. The van der Waals surface area contributed by atoms with Gasteiger partial charge in [-0.25, -0.2) is 0 Å². The maximum absolute atomic E-state index is 9.57. The Hall–Kier alpha value is -0.0800. The first kappa shape index (κ1) is 9.47. The molecule has 0 aromatic carbocycles. The van der Waals surface area contributed by atoms with Crippen LogP contribution in [-0.2, 0) is 0 Å². The van der Waals surface area contributed by atoms with Gasteiger partial charge in [0.15, 0.2) is 5.79 Å². The zero-order chi connectivity index (χ0) is 9.47. The minimum Gasteiger partial charge on any atom is -0.365 e. The van der Waals surface area contributed by atoms with Crippen LogP contribution in [0.2, 0.25) is 0 Å². The first-order valence-corrected chi connectivity index (χ1v) is 5.54. The van der Waals surface area contributed by atoms with Gasteiger partial charge in [0.2, 0.25) is 0 Å². The zero-order valence-corrected chi connectivity index (χ0v) is 8.37. The average molecular weight is 184 g/mol. The molecule has 3 atom stereocenters. The Morgan fingerprint density at radius 2 is 1.92 bits per heavy atom. The van der Waals surface area contributed by atoms with E-state index in [9.17, 15) is 10.2 Å². The number of hydrogen-bond acceptors (Lipinski definition) is 2. The van der Waals surface area contributed by atoms with E-state index in [-0.39, 0.29) is 5.92 Å². The van der Waals surface area contributed by atoms with Gasteiger partial charge in [0.1, 0.15) is 0 Å². The Morgan fingerprint density at radius 1 is 1.15 bits per heavy atom. The largest absolute Gasteiger partial charge is 0.365 e. The Morgan fingerprint density at radius 3 is 2.38 bits per heavy atom. The molecule has 2 aliphatic carbocycles. The second kappa shape index (κ2) is 3.25. The molecule has 0 saturated heterocycles. The van der Waals surface area contributed by atoms with Crippen LogP contribution in [0, 0.1) is 17.8 Å². The molecule has 0 bridgehead atoms. The molecule has 0 radical (unpaired) electrons. The van der Waals surface area contributed by atoms with Gasteiger partial charge in [-0.15, -0.1) is 0 Å². The lowest BCUT2D eigenvalue weighted by atomic mass is 9.64. The minimum atomic E-state index is -1.32. The van der Waals surface area contributed by atoms with Crippen molar-refractivity contribution in [2.75, 3.05) is 0 Å². The van der Waals surface area contributed by atoms with Gasteiger partial charge in [-0.2, -0.15) is 0 Å². The van der Waals surface area contributed by atoms with Crippen LogP contribution < -0.4 is 0 Å². The van der Waals surface area contributed by atoms with E-state index in [1.54, 1.807) is 0 Å². The number of rotatable bonds is 1. The minimum absolute atomic E-state index is 0.176. The van der Waals surface area contributed by atoms with Gasteiger partial charge in [0.25, 0.3) is 0 Å². The van der Waals surface area contributed by atoms with Crippen LogP contribution in [0.1, 0.15) is 45.4 Å². The van der Waals surface area contributed by atoms with Crippen LogP contribution >= 0.6 is 0 Å². The van der Waals surface area contributed by atoms with Crippen LogP contribution in [0.15, 0.2) is 0 Å². The first-order chi connectivity index (χ1) is 6.09. The quantitative estimate of drug-likeness (QED) is 0.611. The molecular weight excluding hydrogens is 164 g/mol. The SMILES string of the molecule is CC1CCCC(C2CCC2(O)O)C1. The molecule has 0 amide bonds. The van der Waals surface area contributed by atoms with E-state index in [1.807, 2.05) is 0 Å². The summed E-state index contributed by atoms with van der Waals surface area (Å²) in [5.41, 5.74) is 0. The Kier molecular flexibility index (Phi) is 2.37. The van der Waals surface area contributed by atoms with Crippen LogP contribution in [0.5, 0.6) is 0 Å². The molecule has 76 valence electrons. The van der Waals surface area contributed by atoms with E-state index >= 15 is 0 Å². The summed E-state index contributed by atoms with van der Waals surface area (Å²) in [5.74, 6) is 0.222. The number of hydrogen-bond donors (Lipinski definition) is 2. The summed E-state index contributed by atoms with van der Waals surface area (Å²) in [7, 11) is 0. The molecule has 0 aromatic rings. The third-order valence-electron chi connectivity index (χ3n) is 3.96. The van der Waals surface area contributed by atoms with Gasteiger partial charge in [-0.05, 0) is 31.1 Å². The lowest BCUT2D eigenvalue weighted by Gasteiger charge is -2.47. The highest BCUT2D eigenvalue weighted by Gasteiger charge is 2.48. The summed E-state index contributed by atoms with van der Waals surface area (Å²) in [6.07, 6.45) is 6.61. The van der Waals surface area contributed by atoms with E-state index < -0.39 is 5.79 Å². The predicted molar refractivity (Wildman–Crippen MR) is 51.0 cm³/mol. The Labute approximate surface area is 80.0 Å². The van der Waals surface area contributed by atoms with Gasteiger partial charge in [-0.1, -0.05) is 19.8 Å². The summed E-state index contributed by atoms with van der Waals surface area (Å²) in [4.78, 5) is 0. The second-order valence-corrected chi connectivity index (χ2v) is 5.06. The monoisotopic (exact) mass is 184 g/mol. The van der Waals surface area contributed by atoms with Crippen molar-refractivity contribution in [1.29, 1.82) is 0 Å². The van der Waals surface area contributed by atoms with Crippen molar-refractivity contribution in [3.8, 4) is 0 Å². The third-order valence-corrected chi connectivity index (χ3v) is 3.96. The molecule has 13 heavy (non-hydrogen) atoms. The van der Waals surface area contributed by atoms with E-state index in [4.69, 9.17) is 0 Å². The second-order valence-electron chi connectivity index (χ2n) is 5.06. The van der Waals surface area contributed by atoms with Gasteiger partial charge < -0.3 is 10.2 Å². The maximum atomic E-state index is 9.57. The van der Waals surface area contributed by atoms with E-state index in [0.717, 1.165) is 12.3 Å². The van der Waals surface area contributed by atoms with Crippen molar-refractivity contribution in [3.63, 3.8) is 0 Å². The standard InChI is InChI=1S/C11H20O2/c1-8-3-2-4-9(7-8)10-5-6-11(10,12)13/h8-10,12-13H,2-7H2,1H3. The highest BCUT2D eigenvalue weighted by Crippen LogP contribution is 2.47. The van der Waals surface area contributed by atoms with Crippen LogP contribution in [-0.4, -0.2) is 16.0 Å². The molecule has 0 aromatic heterocycles. The molecule has 3 unspecified atom stereocenters. The molecule has 2 heteroatoms. The molecule has 2 nitrogen and oxygen atoms in total. The van der Waals surface area contributed by atoms with Crippen LogP contribution in [0.3, 0.4) is 0 Å². The summed E-state index contributed by atoms with van der Waals surface area (Å²) in [6, 6.07) is 0. The molecule has 2 N–H and O–H groups in total. The Balaban J connectivity index is 1.93. The normalized spacial score (nSPS) is 44.1. The first-order valence-electron chi connectivity index (χ1n) is 5.54. The Bertz CT molecular complexity index is 189. The summed E-state index contributed by atoms with van der Waals surface area (Å²) >= 11 is 0. The van der Waals surface area contributed by atoms with Crippen molar-refractivity contribution in [1.82, 2.24) is 0 Å². The van der Waals surface area contributed by atoms with Gasteiger partial charge >= 0.3 is 0 Å². The fourth-order valence-corrected chi connectivity index (χ4v) is 3.03. The molecule has 0 aliphatic heterocycles. The van der Waals surface area contributed by atoms with Crippen molar-refractivity contribution in [2.24, 2.45) is 17.8 Å². The van der Waals surface area contributed by atoms with E-state index in [2.05, 4.69) is 6.92 Å². The topological polar surface area (TPSA) is 40.5 Å². The predicted octanol–water partition coefficient (Wildman–Crippen LogP) is 1.90. The summed E-state index contributed by atoms with van der Waals surface area (Å²) in [6.45, 7) is 2.28. The summed E-state index contributed by atoms with van der Waals surface area (Å²) < 4.78 is 0.